The van der Waals surface area contributed by atoms with Crippen LogP contribution < -0.4 is 10.6 Å². The number of urea groups is 1. The average Bonchev–Trinajstić information content (AvgIpc) is 3.20. The van der Waals surface area contributed by atoms with Crippen molar-refractivity contribution < 1.29 is 14.7 Å². The molecule has 2 rings (SSSR count). The van der Waals surface area contributed by atoms with Crippen LogP contribution in [0, 0.1) is 5.92 Å². The maximum atomic E-state index is 11.8. The predicted octanol–water partition coefficient (Wildman–Crippen LogP) is 2.79. The van der Waals surface area contributed by atoms with Gasteiger partial charge in [-0.15, -0.1) is 0 Å². The predicted molar refractivity (Wildman–Crippen MR) is 76.8 cm³/mol. The van der Waals surface area contributed by atoms with E-state index in [9.17, 15) is 9.59 Å². The van der Waals surface area contributed by atoms with E-state index < -0.39 is 18.0 Å². The lowest BCUT2D eigenvalue weighted by Crippen LogP contribution is -2.44. The van der Waals surface area contributed by atoms with Gasteiger partial charge < -0.3 is 15.7 Å². The van der Waals surface area contributed by atoms with Gasteiger partial charge in [-0.3, -0.25) is 0 Å². The van der Waals surface area contributed by atoms with Crippen molar-refractivity contribution >= 4 is 17.7 Å². The summed E-state index contributed by atoms with van der Waals surface area (Å²) in [7, 11) is 0. The highest BCUT2D eigenvalue weighted by Gasteiger charge is 2.37. The second-order valence-corrected chi connectivity index (χ2v) is 5.53. The molecule has 0 bridgehead atoms. The van der Waals surface area contributed by atoms with Gasteiger partial charge >= 0.3 is 12.0 Å². The Morgan fingerprint density at radius 2 is 1.80 bits per heavy atom. The molecule has 108 valence electrons. The summed E-state index contributed by atoms with van der Waals surface area (Å²) in [4.78, 5) is 22.8. The minimum Gasteiger partial charge on any atom is -0.480 e. The number of rotatable bonds is 5. The van der Waals surface area contributed by atoms with Crippen LogP contribution in [-0.2, 0) is 4.79 Å². The first-order valence-corrected chi connectivity index (χ1v) is 6.87. The van der Waals surface area contributed by atoms with Gasteiger partial charge in [-0.1, -0.05) is 26.0 Å². The Morgan fingerprint density at radius 1 is 1.20 bits per heavy atom. The highest BCUT2D eigenvalue weighted by molar-refractivity contribution is 5.92. The third-order valence-corrected chi connectivity index (χ3v) is 3.48. The molecule has 0 aliphatic heterocycles. The van der Waals surface area contributed by atoms with E-state index in [1.165, 1.54) is 5.56 Å². The monoisotopic (exact) mass is 276 g/mol. The van der Waals surface area contributed by atoms with Crippen LogP contribution in [0.4, 0.5) is 10.5 Å². The zero-order chi connectivity index (χ0) is 14.7. The third-order valence-electron chi connectivity index (χ3n) is 3.48. The molecule has 0 heterocycles. The molecule has 2 amide bonds. The number of carbonyl (C=O) groups excluding carboxylic acids is 1. The first kappa shape index (κ1) is 14.4. The number of carboxylic acids is 1. The molecule has 20 heavy (non-hydrogen) atoms. The van der Waals surface area contributed by atoms with E-state index in [1.54, 1.807) is 0 Å². The summed E-state index contributed by atoms with van der Waals surface area (Å²) >= 11 is 0. The Labute approximate surface area is 118 Å². The largest absolute Gasteiger partial charge is 0.480 e. The summed E-state index contributed by atoms with van der Waals surface area (Å²) in [5.74, 6) is -0.469. The van der Waals surface area contributed by atoms with Crippen molar-refractivity contribution in [3.63, 3.8) is 0 Å². The molecule has 3 N–H and O–H groups in total. The van der Waals surface area contributed by atoms with Crippen LogP contribution in [0.2, 0.25) is 0 Å². The molecule has 0 unspecified atom stereocenters. The summed E-state index contributed by atoms with van der Waals surface area (Å²) in [5, 5.41) is 14.2. The lowest BCUT2D eigenvalue weighted by Gasteiger charge is -2.14. The molecule has 1 aliphatic rings. The molecule has 0 radical (unpaired) electrons. The molecule has 1 aromatic rings. The van der Waals surface area contributed by atoms with Crippen molar-refractivity contribution in [2.45, 2.75) is 38.6 Å². The van der Waals surface area contributed by atoms with Gasteiger partial charge in [0.15, 0.2) is 0 Å². The number of carboxylic acid groups (broad SMARTS) is 1. The lowest BCUT2D eigenvalue weighted by molar-refractivity contribution is -0.139. The number of amides is 2. The van der Waals surface area contributed by atoms with E-state index in [0.29, 0.717) is 11.6 Å². The van der Waals surface area contributed by atoms with E-state index in [0.717, 1.165) is 12.8 Å². The van der Waals surface area contributed by atoms with Crippen molar-refractivity contribution in [1.29, 1.82) is 0 Å². The normalized spacial score (nSPS) is 15.8. The van der Waals surface area contributed by atoms with Crippen molar-refractivity contribution in [3.8, 4) is 0 Å². The molecule has 1 saturated carbocycles. The number of benzene rings is 1. The standard InChI is InChI=1S/C15H20N2O3/c1-9(2)10-5-7-12(8-6-10)16-15(20)17-13(14(18)19)11-3-4-11/h5-9,11,13H,3-4H2,1-2H3,(H,18,19)(H2,16,17,20)/t13-/m0/s1. The fourth-order valence-electron chi connectivity index (χ4n) is 2.07. The zero-order valence-electron chi connectivity index (χ0n) is 11.7. The first-order valence-electron chi connectivity index (χ1n) is 6.87. The number of hydrogen-bond donors (Lipinski definition) is 3. The maximum Gasteiger partial charge on any atom is 0.326 e. The first-order chi connectivity index (χ1) is 9.47. The van der Waals surface area contributed by atoms with Gasteiger partial charge in [0.2, 0.25) is 0 Å². The molecule has 0 aromatic heterocycles. The molecule has 0 saturated heterocycles. The molecule has 1 aliphatic carbocycles. The highest BCUT2D eigenvalue weighted by Crippen LogP contribution is 2.32. The maximum absolute atomic E-state index is 11.8. The van der Waals surface area contributed by atoms with Crippen molar-refractivity contribution in [3.05, 3.63) is 29.8 Å². The van der Waals surface area contributed by atoms with Gasteiger partial charge in [-0.2, -0.15) is 0 Å². The Morgan fingerprint density at radius 3 is 2.25 bits per heavy atom. The molecule has 0 spiro atoms. The van der Waals surface area contributed by atoms with E-state index in [1.807, 2.05) is 24.3 Å². The Balaban J connectivity index is 1.91. The van der Waals surface area contributed by atoms with E-state index >= 15 is 0 Å². The molecule has 1 fully saturated rings. The number of hydrogen-bond acceptors (Lipinski definition) is 2. The van der Waals surface area contributed by atoms with E-state index in [4.69, 9.17) is 5.11 Å². The average molecular weight is 276 g/mol. The van der Waals surface area contributed by atoms with Gasteiger partial charge in [0.1, 0.15) is 6.04 Å². The van der Waals surface area contributed by atoms with Gasteiger partial charge in [0, 0.05) is 5.69 Å². The van der Waals surface area contributed by atoms with Gasteiger partial charge in [-0.05, 0) is 42.4 Å². The lowest BCUT2D eigenvalue weighted by atomic mass is 10.0. The summed E-state index contributed by atoms with van der Waals surface area (Å²) in [5.41, 5.74) is 1.85. The second-order valence-electron chi connectivity index (χ2n) is 5.53. The minimum atomic E-state index is -0.974. The molecule has 1 aromatic carbocycles. The van der Waals surface area contributed by atoms with E-state index in [2.05, 4.69) is 24.5 Å². The molecular weight excluding hydrogens is 256 g/mol. The fourth-order valence-corrected chi connectivity index (χ4v) is 2.07. The Kier molecular flexibility index (Phi) is 4.27. The topological polar surface area (TPSA) is 78.4 Å². The SMILES string of the molecule is CC(C)c1ccc(NC(=O)N[C@H](C(=O)O)C2CC2)cc1. The van der Waals surface area contributed by atoms with Crippen LogP contribution in [-0.4, -0.2) is 23.1 Å². The fraction of sp³-hybridized carbons (Fsp3) is 0.467. The van der Waals surface area contributed by atoms with Crippen molar-refractivity contribution in [2.75, 3.05) is 5.32 Å². The summed E-state index contributed by atoms with van der Waals surface area (Å²) in [6, 6.07) is 6.29. The van der Waals surface area contributed by atoms with E-state index in [-0.39, 0.29) is 5.92 Å². The van der Waals surface area contributed by atoms with Gasteiger partial charge in [-0.25, -0.2) is 9.59 Å². The van der Waals surface area contributed by atoms with Crippen molar-refractivity contribution in [2.24, 2.45) is 5.92 Å². The number of anilines is 1. The second kappa shape index (κ2) is 5.94. The Hall–Kier alpha value is -2.04. The van der Waals surface area contributed by atoms with Gasteiger partial charge in [0.05, 0.1) is 0 Å². The number of aliphatic carboxylic acids is 1. The summed E-state index contributed by atoms with van der Waals surface area (Å²) in [6.07, 6.45) is 1.72. The molecule has 1 atom stereocenters. The Bertz CT molecular complexity index is 492. The molecular formula is C15H20N2O3. The van der Waals surface area contributed by atoms with Crippen LogP contribution in [0.1, 0.15) is 38.2 Å². The zero-order valence-corrected chi connectivity index (χ0v) is 11.7. The number of nitrogens with one attached hydrogen (secondary N) is 2. The third kappa shape index (κ3) is 3.73. The van der Waals surface area contributed by atoms with Crippen LogP contribution in [0.3, 0.4) is 0 Å². The molecule has 5 nitrogen and oxygen atoms in total. The summed E-state index contributed by atoms with van der Waals surface area (Å²) in [6.45, 7) is 4.20. The van der Waals surface area contributed by atoms with Crippen LogP contribution in [0.5, 0.6) is 0 Å². The number of carbonyl (C=O) groups is 2. The van der Waals surface area contributed by atoms with Gasteiger partial charge in [0.25, 0.3) is 0 Å². The van der Waals surface area contributed by atoms with Crippen molar-refractivity contribution in [1.82, 2.24) is 5.32 Å². The smallest absolute Gasteiger partial charge is 0.326 e. The van der Waals surface area contributed by atoms with Crippen LogP contribution >= 0.6 is 0 Å². The summed E-state index contributed by atoms with van der Waals surface area (Å²) < 4.78 is 0. The highest BCUT2D eigenvalue weighted by atomic mass is 16.4. The molecule has 5 heteroatoms. The quantitative estimate of drug-likeness (QED) is 0.773. The minimum absolute atomic E-state index is 0.0709. The van der Waals surface area contributed by atoms with Crippen LogP contribution in [0.15, 0.2) is 24.3 Å². The van der Waals surface area contributed by atoms with Crippen LogP contribution in [0.25, 0.3) is 0 Å².